The molecule has 1 unspecified atom stereocenters. The normalized spacial score (nSPS) is 12.5. The van der Waals surface area contributed by atoms with Crippen molar-refractivity contribution in [2.45, 2.75) is 12.8 Å². The minimum atomic E-state index is 0.0767. The van der Waals surface area contributed by atoms with E-state index < -0.39 is 0 Å². The van der Waals surface area contributed by atoms with Crippen LogP contribution >= 0.6 is 15.9 Å². The summed E-state index contributed by atoms with van der Waals surface area (Å²) in [7, 11) is 2.06. The van der Waals surface area contributed by atoms with Gasteiger partial charge in [0.2, 0.25) is 0 Å². The molecule has 5 aromatic rings. The second-order valence-electron chi connectivity index (χ2n) is 7.44. The summed E-state index contributed by atoms with van der Waals surface area (Å²) >= 11 is 3.69. The van der Waals surface area contributed by atoms with Gasteiger partial charge in [-0.25, -0.2) is 15.0 Å². The number of rotatable bonds is 3. The van der Waals surface area contributed by atoms with Crippen LogP contribution in [0.25, 0.3) is 33.3 Å². The summed E-state index contributed by atoms with van der Waals surface area (Å²) in [6, 6.07) is 20.9. The number of nitrogens with two attached hydrogens (primary N) is 1. The van der Waals surface area contributed by atoms with Gasteiger partial charge in [-0.1, -0.05) is 59.3 Å². The number of pyridine rings is 1. The molecule has 5 nitrogen and oxygen atoms in total. The molecule has 0 aliphatic carbocycles. The molecule has 3 heterocycles. The average Bonchev–Trinajstić information content (AvgIpc) is 3.10. The lowest BCUT2D eigenvalue weighted by atomic mass is 9.90. The van der Waals surface area contributed by atoms with E-state index >= 15 is 0 Å². The van der Waals surface area contributed by atoms with Crippen molar-refractivity contribution in [3.8, 4) is 11.4 Å². The summed E-state index contributed by atoms with van der Waals surface area (Å²) in [5.41, 5.74) is 12.2. The molecule has 2 aromatic carbocycles. The maximum Gasteiger partial charge on any atom is 0.165 e. The maximum absolute atomic E-state index is 6.28. The summed E-state index contributed by atoms with van der Waals surface area (Å²) in [5.74, 6) is 0.526. The predicted molar refractivity (Wildman–Crippen MR) is 125 cm³/mol. The number of aromatic nitrogens is 4. The monoisotopic (exact) mass is 457 g/mol. The van der Waals surface area contributed by atoms with Crippen LogP contribution in [0.3, 0.4) is 0 Å². The molecule has 30 heavy (non-hydrogen) atoms. The molecular formula is C24H20BrN5. The fraction of sp³-hybridized carbons (Fsp3) is 0.125. The highest BCUT2D eigenvalue weighted by molar-refractivity contribution is 9.10. The van der Waals surface area contributed by atoms with Gasteiger partial charge in [-0.3, -0.25) is 0 Å². The summed E-state index contributed by atoms with van der Waals surface area (Å²) in [6.07, 6.45) is 1.48. The van der Waals surface area contributed by atoms with E-state index in [0.717, 1.165) is 32.3 Å². The van der Waals surface area contributed by atoms with E-state index in [0.29, 0.717) is 11.5 Å². The topological polar surface area (TPSA) is 69.6 Å². The lowest BCUT2D eigenvalue weighted by molar-refractivity contribution is 0.918. The van der Waals surface area contributed by atoms with Gasteiger partial charge >= 0.3 is 0 Å². The zero-order valence-corrected chi connectivity index (χ0v) is 18.3. The van der Waals surface area contributed by atoms with Crippen LogP contribution in [0.4, 0.5) is 5.82 Å². The Kier molecular flexibility index (Phi) is 4.51. The second-order valence-corrected chi connectivity index (χ2v) is 8.30. The van der Waals surface area contributed by atoms with Crippen LogP contribution in [-0.2, 0) is 7.05 Å². The van der Waals surface area contributed by atoms with E-state index in [1.807, 2.05) is 24.3 Å². The Morgan fingerprint density at radius 1 is 0.967 bits per heavy atom. The van der Waals surface area contributed by atoms with Crippen molar-refractivity contribution in [1.29, 1.82) is 0 Å². The van der Waals surface area contributed by atoms with E-state index in [4.69, 9.17) is 10.7 Å². The molecule has 0 saturated heterocycles. The minimum absolute atomic E-state index is 0.0767. The Morgan fingerprint density at radius 2 is 1.73 bits per heavy atom. The van der Waals surface area contributed by atoms with Crippen molar-refractivity contribution in [3.05, 3.63) is 82.6 Å². The Bertz CT molecular complexity index is 1410. The van der Waals surface area contributed by atoms with Crippen LogP contribution < -0.4 is 5.73 Å². The Labute approximate surface area is 182 Å². The van der Waals surface area contributed by atoms with Gasteiger partial charge < -0.3 is 10.3 Å². The van der Waals surface area contributed by atoms with Gasteiger partial charge in [0.15, 0.2) is 5.65 Å². The third-order valence-electron chi connectivity index (χ3n) is 5.72. The first kappa shape index (κ1) is 18.8. The smallest absolute Gasteiger partial charge is 0.165 e. The maximum atomic E-state index is 6.28. The van der Waals surface area contributed by atoms with Crippen molar-refractivity contribution >= 4 is 43.7 Å². The molecule has 0 spiro atoms. The van der Waals surface area contributed by atoms with E-state index in [-0.39, 0.29) is 5.92 Å². The van der Waals surface area contributed by atoms with Crippen LogP contribution in [-0.4, -0.2) is 19.5 Å². The summed E-state index contributed by atoms with van der Waals surface area (Å²) < 4.78 is 3.23. The van der Waals surface area contributed by atoms with Crippen LogP contribution in [0.15, 0.2) is 71.5 Å². The van der Waals surface area contributed by atoms with E-state index in [1.54, 1.807) is 0 Å². The zero-order chi connectivity index (χ0) is 20.8. The second kappa shape index (κ2) is 7.22. The number of nitrogen functional groups attached to an aromatic ring is 1. The highest BCUT2D eigenvalue weighted by Gasteiger charge is 2.20. The van der Waals surface area contributed by atoms with E-state index in [9.17, 15) is 0 Å². The molecule has 0 fully saturated rings. The Morgan fingerprint density at radius 3 is 2.53 bits per heavy atom. The number of hydrogen-bond donors (Lipinski definition) is 1. The molecule has 0 bridgehead atoms. The van der Waals surface area contributed by atoms with Gasteiger partial charge in [-0.05, 0) is 35.4 Å². The van der Waals surface area contributed by atoms with Crippen molar-refractivity contribution in [2.24, 2.45) is 7.05 Å². The van der Waals surface area contributed by atoms with Crippen molar-refractivity contribution in [2.75, 3.05) is 5.73 Å². The number of hydrogen-bond acceptors (Lipinski definition) is 4. The molecule has 0 radical (unpaired) electrons. The van der Waals surface area contributed by atoms with Gasteiger partial charge in [0.1, 0.15) is 12.1 Å². The fourth-order valence-corrected chi connectivity index (χ4v) is 4.75. The highest BCUT2D eigenvalue weighted by atomic mass is 79.9. The summed E-state index contributed by atoms with van der Waals surface area (Å²) in [6.45, 7) is 2.17. The van der Waals surface area contributed by atoms with Crippen LogP contribution in [0.5, 0.6) is 0 Å². The minimum Gasteiger partial charge on any atom is -0.383 e. The van der Waals surface area contributed by atoms with Crippen molar-refractivity contribution in [3.63, 3.8) is 0 Å². The van der Waals surface area contributed by atoms with Crippen molar-refractivity contribution in [1.82, 2.24) is 19.5 Å². The number of halogens is 1. The van der Waals surface area contributed by atoms with Gasteiger partial charge in [-0.15, -0.1) is 0 Å². The molecule has 6 heteroatoms. The van der Waals surface area contributed by atoms with E-state index in [2.05, 4.69) is 80.8 Å². The standard InChI is InChI=1S/C24H20BrN5/c1-14(16-8-4-5-9-18(16)25)17-12-19(29-24-22(17)23(26)27-13-28-24)21-11-15-7-3-6-10-20(15)30(21)2/h3-14H,1-2H3,(H2,26,27,28,29). The number of fused-ring (bicyclic) bond motifs is 2. The third-order valence-corrected chi connectivity index (χ3v) is 6.44. The number of aryl methyl sites for hydroxylation is 1. The highest BCUT2D eigenvalue weighted by Crippen LogP contribution is 2.37. The predicted octanol–water partition coefficient (Wildman–Crippen LogP) is 5.68. The molecule has 0 aliphatic rings. The molecule has 0 saturated carbocycles. The largest absolute Gasteiger partial charge is 0.383 e. The average molecular weight is 458 g/mol. The molecule has 0 amide bonds. The molecular weight excluding hydrogens is 438 g/mol. The quantitative estimate of drug-likeness (QED) is 0.378. The Balaban J connectivity index is 1.79. The number of nitrogens with zero attached hydrogens (tertiary/aromatic N) is 4. The SMILES string of the molecule is CC(c1ccccc1Br)c1cc(-c2cc3ccccc3n2C)nc2ncnc(N)c12. The van der Waals surface area contributed by atoms with Gasteiger partial charge in [0, 0.05) is 28.3 Å². The van der Waals surface area contributed by atoms with Crippen LogP contribution in [0.1, 0.15) is 24.0 Å². The van der Waals surface area contributed by atoms with Crippen LogP contribution in [0, 0.1) is 0 Å². The zero-order valence-electron chi connectivity index (χ0n) is 16.7. The first-order chi connectivity index (χ1) is 14.5. The number of anilines is 1. The summed E-state index contributed by atoms with van der Waals surface area (Å²) in [4.78, 5) is 13.5. The summed E-state index contributed by atoms with van der Waals surface area (Å²) in [5, 5.41) is 1.99. The lowest BCUT2D eigenvalue weighted by Crippen LogP contribution is -2.05. The van der Waals surface area contributed by atoms with Crippen molar-refractivity contribution < 1.29 is 0 Å². The molecule has 148 valence electrons. The van der Waals surface area contributed by atoms with Gasteiger partial charge in [-0.2, -0.15) is 0 Å². The first-order valence-corrected chi connectivity index (χ1v) is 10.5. The first-order valence-electron chi connectivity index (χ1n) is 9.75. The van der Waals surface area contributed by atoms with Gasteiger partial charge in [0.05, 0.1) is 16.8 Å². The fourth-order valence-electron chi connectivity index (χ4n) is 4.12. The molecule has 3 aromatic heterocycles. The van der Waals surface area contributed by atoms with Crippen LogP contribution in [0.2, 0.25) is 0 Å². The Hall–Kier alpha value is -3.25. The number of para-hydroxylation sites is 1. The van der Waals surface area contributed by atoms with E-state index in [1.165, 1.54) is 17.3 Å². The molecule has 5 rings (SSSR count). The molecule has 0 aliphatic heterocycles. The lowest BCUT2D eigenvalue weighted by Gasteiger charge is -2.18. The number of benzene rings is 2. The van der Waals surface area contributed by atoms with Gasteiger partial charge in [0.25, 0.3) is 0 Å². The molecule has 1 atom stereocenters. The third kappa shape index (κ3) is 2.95. The molecule has 2 N–H and O–H groups in total.